The van der Waals surface area contributed by atoms with E-state index in [0.29, 0.717) is 17.3 Å². The second-order valence-electron chi connectivity index (χ2n) is 6.94. The van der Waals surface area contributed by atoms with E-state index in [0.717, 1.165) is 42.6 Å². The molecule has 0 unspecified atom stereocenters. The fourth-order valence-corrected chi connectivity index (χ4v) is 3.52. The SMILES string of the molecule is C(=NNc1nnc(-c2ncc[nH]2)c2ccccc12)c1ccc(N2CCOCC2)cc1. The van der Waals surface area contributed by atoms with Crippen LogP contribution in [-0.2, 0) is 4.74 Å². The zero-order valence-electron chi connectivity index (χ0n) is 16.3. The minimum Gasteiger partial charge on any atom is -0.378 e. The Bertz CT molecular complexity index is 1150. The third kappa shape index (κ3) is 3.72. The number of hydrogen-bond donors (Lipinski definition) is 2. The lowest BCUT2D eigenvalue weighted by atomic mass is 10.1. The maximum atomic E-state index is 5.41. The molecule has 3 heterocycles. The molecule has 2 aromatic heterocycles. The molecule has 0 aliphatic carbocycles. The largest absolute Gasteiger partial charge is 0.378 e. The second-order valence-corrected chi connectivity index (χ2v) is 6.94. The molecular formula is C22H21N7O. The first-order valence-electron chi connectivity index (χ1n) is 9.85. The van der Waals surface area contributed by atoms with E-state index in [-0.39, 0.29) is 0 Å². The van der Waals surface area contributed by atoms with Crippen LogP contribution in [0.15, 0.2) is 66.0 Å². The molecule has 30 heavy (non-hydrogen) atoms. The zero-order valence-corrected chi connectivity index (χ0v) is 16.3. The number of ether oxygens (including phenoxy) is 1. The van der Waals surface area contributed by atoms with Gasteiger partial charge in [-0.1, -0.05) is 36.4 Å². The number of imidazole rings is 1. The molecule has 0 spiro atoms. The molecule has 0 atom stereocenters. The van der Waals surface area contributed by atoms with Crippen molar-refractivity contribution in [3.8, 4) is 11.5 Å². The van der Waals surface area contributed by atoms with Gasteiger partial charge < -0.3 is 14.6 Å². The van der Waals surface area contributed by atoms with Gasteiger partial charge in [0.2, 0.25) is 0 Å². The molecule has 4 aromatic rings. The van der Waals surface area contributed by atoms with Crippen molar-refractivity contribution in [1.29, 1.82) is 0 Å². The van der Waals surface area contributed by atoms with Gasteiger partial charge in [0, 0.05) is 41.9 Å². The Labute approximate surface area is 173 Å². The summed E-state index contributed by atoms with van der Waals surface area (Å²) >= 11 is 0. The number of benzene rings is 2. The highest BCUT2D eigenvalue weighted by Crippen LogP contribution is 2.27. The average Bonchev–Trinajstić information content (AvgIpc) is 3.35. The number of fused-ring (bicyclic) bond motifs is 1. The molecule has 0 amide bonds. The first-order valence-corrected chi connectivity index (χ1v) is 9.85. The lowest BCUT2D eigenvalue weighted by Crippen LogP contribution is -2.36. The van der Waals surface area contributed by atoms with E-state index in [9.17, 15) is 0 Å². The number of anilines is 2. The van der Waals surface area contributed by atoms with E-state index in [1.54, 1.807) is 18.6 Å². The van der Waals surface area contributed by atoms with Crippen LogP contribution in [0.2, 0.25) is 0 Å². The number of nitrogens with one attached hydrogen (secondary N) is 2. The van der Waals surface area contributed by atoms with Crippen LogP contribution in [0, 0.1) is 0 Å². The van der Waals surface area contributed by atoms with Crippen LogP contribution in [0.25, 0.3) is 22.3 Å². The Morgan fingerprint density at radius 1 is 1.00 bits per heavy atom. The summed E-state index contributed by atoms with van der Waals surface area (Å²) in [6, 6.07) is 16.3. The molecule has 0 saturated carbocycles. The molecule has 0 bridgehead atoms. The summed E-state index contributed by atoms with van der Waals surface area (Å²) in [5.74, 6) is 1.29. The minimum atomic E-state index is 0.599. The minimum absolute atomic E-state index is 0.599. The topological polar surface area (TPSA) is 91.3 Å². The Balaban J connectivity index is 1.34. The number of rotatable bonds is 5. The van der Waals surface area contributed by atoms with E-state index >= 15 is 0 Å². The molecule has 1 aliphatic rings. The molecule has 1 fully saturated rings. The van der Waals surface area contributed by atoms with Gasteiger partial charge in [-0.3, -0.25) is 5.43 Å². The quantitative estimate of drug-likeness (QED) is 0.395. The smallest absolute Gasteiger partial charge is 0.176 e. The highest BCUT2D eigenvalue weighted by molar-refractivity contribution is 5.99. The molecule has 0 radical (unpaired) electrons. The first-order chi connectivity index (χ1) is 14.9. The Morgan fingerprint density at radius 2 is 1.80 bits per heavy atom. The van der Waals surface area contributed by atoms with Gasteiger partial charge in [0.25, 0.3) is 0 Å². The molecule has 150 valence electrons. The lowest BCUT2D eigenvalue weighted by Gasteiger charge is -2.28. The highest BCUT2D eigenvalue weighted by atomic mass is 16.5. The third-order valence-electron chi connectivity index (χ3n) is 5.06. The van der Waals surface area contributed by atoms with Crippen LogP contribution in [0.4, 0.5) is 11.5 Å². The van der Waals surface area contributed by atoms with Crippen molar-refractivity contribution in [3.63, 3.8) is 0 Å². The first kappa shape index (κ1) is 18.3. The fraction of sp³-hybridized carbons (Fsp3) is 0.182. The van der Waals surface area contributed by atoms with Crippen molar-refractivity contribution in [2.75, 3.05) is 36.6 Å². The normalized spacial score (nSPS) is 14.5. The number of aromatic amines is 1. The summed E-state index contributed by atoms with van der Waals surface area (Å²) in [4.78, 5) is 9.70. The summed E-state index contributed by atoms with van der Waals surface area (Å²) in [6.45, 7) is 3.41. The van der Waals surface area contributed by atoms with Crippen LogP contribution in [0.3, 0.4) is 0 Å². The molecule has 1 aliphatic heterocycles. The van der Waals surface area contributed by atoms with Crippen molar-refractivity contribution in [2.24, 2.45) is 5.10 Å². The van der Waals surface area contributed by atoms with Crippen molar-refractivity contribution in [1.82, 2.24) is 20.2 Å². The molecule has 2 aromatic carbocycles. The van der Waals surface area contributed by atoms with Crippen molar-refractivity contribution >= 4 is 28.5 Å². The predicted octanol–water partition coefficient (Wildman–Crippen LogP) is 3.30. The lowest BCUT2D eigenvalue weighted by molar-refractivity contribution is 0.122. The fourth-order valence-electron chi connectivity index (χ4n) is 3.52. The predicted molar refractivity (Wildman–Crippen MR) is 118 cm³/mol. The summed E-state index contributed by atoms with van der Waals surface area (Å²) in [7, 11) is 0. The molecule has 5 rings (SSSR count). The highest BCUT2D eigenvalue weighted by Gasteiger charge is 2.12. The molecule has 1 saturated heterocycles. The maximum absolute atomic E-state index is 5.41. The van der Waals surface area contributed by atoms with E-state index in [1.165, 1.54) is 5.69 Å². The Kier molecular flexibility index (Phi) is 5.05. The number of aromatic nitrogens is 4. The van der Waals surface area contributed by atoms with Crippen molar-refractivity contribution < 1.29 is 4.74 Å². The molecular weight excluding hydrogens is 378 g/mol. The van der Waals surface area contributed by atoms with Gasteiger partial charge in [-0.25, -0.2) is 4.98 Å². The maximum Gasteiger partial charge on any atom is 0.176 e. The van der Waals surface area contributed by atoms with Crippen molar-refractivity contribution in [3.05, 3.63) is 66.5 Å². The van der Waals surface area contributed by atoms with Gasteiger partial charge in [-0.15, -0.1) is 10.2 Å². The Morgan fingerprint density at radius 3 is 2.57 bits per heavy atom. The van der Waals surface area contributed by atoms with Gasteiger partial charge in [0.05, 0.1) is 19.4 Å². The molecule has 8 nitrogen and oxygen atoms in total. The molecule has 2 N–H and O–H groups in total. The zero-order chi connectivity index (χ0) is 20.2. The van der Waals surface area contributed by atoms with Gasteiger partial charge in [0.1, 0.15) is 5.69 Å². The van der Waals surface area contributed by atoms with Crippen LogP contribution >= 0.6 is 0 Å². The summed E-state index contributed by atoms with van der Waals surface area (Å²) < 4.78 is 5.41. The third-order valence-corrected chi connectivity index (χ3v) is 5.06. The van der Waals surface area contributed by atoms with Crippen LogP contribution in [0.1, 0.15) is 5.56 Å². The van der Waals surface area contributed by atoms with E-state index < -0.39 is 0 Å². The van der Waals surface area contributed by atoms with Gasteiger partial charge in [-0.2, -0.15) is 5.10 Å². The summed E-state index contributed by atoms with van der Waals surface area (Å²) in [6.07, 6.45) is 5.25. The monoisotopic (exact) mass is 399 g/mol. The number of H-pyrrole nitrogens is 1. The van der Waals surface area contributed by atoms with Gasteiger partial charge in [-0.05, 0) is 17.7 Å². The van der Waals surface area contributed by atoms with E-state index in [1.807, 2.05) is 24.3 Å². The second kappa shape index (κ2) is 8.30. The average molecular weight is 399 g/mol. The van der Waals surface area contributed by atoms with Crippen LogP contribution in [-0.4, -0.2) is 52.7 Å². The number of nitrogens with zero attached hydrogens (tertiary/aromatic N) is 5. The summed E-state index contributed by atoms with van der Waals surface area (Å²) in [5, 5.41) is 14.9. The Hall–Kier alpha value is -3.78. The molecule has 8 heteroatoms. The van der Waals surface area contributed by atoms with Gasteiger partial charge in [0.15, 0.2) is 11.6 Å². The van der Waals surface area contributed by atoms with Crippen molar-refractivity contribution in [2.45, 2.75) is 0 Å². The summed E-state index contributed by atoms with van der Waals surface area (Å²) in [5.41, 5.74) is 5.94. The number of morpholine rings is 1. The van der Waals surface area contributed by atoms with Crippen LogP contribution < -0.4 is 10.3 Å². The van der Waals surface area contributed by atoms with Crippen LogP contribution in [0.5, 0.6) is 0 Å². The number of hydrogen-bond acceptors (Lipinski definition) is 7. The van der Waals surface area contributed by atoms with E-state index in [4.69, 9.17) is 4.74 Å². The van der Waals surface area contributed by atoms with Gasteiger partial charge >= 0.3 is 0 Å². The number of hydrazone groups is 1. The van der Waals surface area contributed by atoms with E-state index in [2.05, 4.69) is 59.9 Å². The standard InChI is InChI=1S/C22H21N7O/c1-2-4-19-18(3-1)20(22-23-9-10-24-22)26-28-21(19)27-25-15-16-5-7-17(8-6-16)29-11-13-30-14-12-29/h1-10,15H,11-14H2,(H,23,24)(H,27,28).